The molecule has 0 aliphatic heterocycles. The second-order valence-electron chi connectivity index (χ2n) is 4.66. The van der Waals surface area contributed by atoms with Crippen LogP contribution in [0.5, 0.6) is 11.5 Å². The predicted molar refractivity (Wildman–Crippen MR) is 65.1 cm³/mol. The van der Waals surface area contributed by atoms with Gasteiger partial charge in [0.1, 0.15) is 11.5 Å². The van der Waals surface area contributed by atoms with Crippen molar-refractivity contribution in [2.24, 2.45) is 0 Å². The summed E-state index contributed by atoms with van der Waals surface area (Å²) in [4.78, 5) is 0. The molecule has 0 heterocycles. The number of ether oxygens (including phenoxy) is 1. The van der Waals surface area contributed by atoms with Gasteiger partial charge in [0.25, 0.3) is 0 Å². The van der Waals surface area contributed by atoms with Gasteiger partial charge < -0.3 is 20.3 Å². The van der Waals surface area contributed by atoms with Crippen molar-refractivity contribution in [3.05, 3.63) is 23.8 Å². The summed E-state index contributed by atoms with van der Waals surface area (Å²) < 4.78 is 5.22. The quantitative estimate of drug-likeness (QED) is 0.748. The lowest BCUT2D eigenvalue weighted by Crippen LogP contribution is -2.45. The maximum absolute atomic E-state index is 9.74. The van der Waals surface area contributed by atoms with E-state index in [1.807, 2.05) is 6.92 Å². The second-order valence-corrected chi connectivity index (χ2v) is 4.66. The molecule has 1 aliphatic rings. The van der Waals surface area contributed by atoms with Gasteiger partial charge in [-0.2, -0.15) is 0 Å². The molecule has 17 heavy (non-hydrogen) atoms. The van der Waals surface area contributed by atoms with E-state index in [4.69, 9.17) is 4.74 Å². The van der Waals surface area contributed by atoms with Crippen LogP contribution in [0.2, 0.25) is 0 Å². The number of hydrogen-bond donors (Lipinski definition) is 3. The Hall–Kier alpha value is -1.26. The monoisotopic (exact) mass is 237 g/mol. The fourth-order valence-corrected chi connectivity index (χ4v) is 2.24. The Balaban J connectivity index is 1.93. The van der Waals surface area contributed by atoms with Gasteiger partial charge in [-0.1, -0.05) is 6.07 Å². The van der Waals surface area contributed by atoms with Gasteiger partial charge in [-0.25, -0.2) is 0 Å². The molecule has 0 amide bonds. The van der Waals surface area contributed by atoms with Crippen LogP contribution in [0.25, 0.3) is 0 Å². The molecule has 0 aromatic heterocycles. The number of rotatable bonds is 4. The summed E-state index contributed by atoms with van der Waals surface area (Å²) in [5, 5.41) is 22.4. The van der Waals surface area contributed by atoms with Crippen LogP contribution < -0.4 is 5.32 Å². The molecule has 1 saturated carbocycles. The van der Waals surface area contributed by atoms with E-state index < -0.39 is 0 Å². The van der Waals surface area contributed by atoms with Crippen LogP contribution in [0.4, 0.5) is 0 Å². The summed E-state index contributed by atoms with van der Waals surface area (Å²) in [5.41, 5.74) is 0.809. The van der Waals surface area contributed by atoms with Crippen molar-refractivity contribution in [2.45, 2.75) is 38.0 Å². The minimum atomic E-state index is 0.0680. The van der Waals surface area contributed by atoms with Crippen LogP contribution in [0.3, 0.4) is 0 Å². The van der Waals surface area contributed by atoms with E-state index in [1.54, 1.807) is 19.2 Å². The van der Waals surface area contributed by atoms with Crippen molar-refractivity contribution in [1.82, 2.24) is 5.32 Å². The SMILES string of the molecule is COC1CC(NC(C)c2ccc(O)cc2O)C1. The van der Waals surface area contributed by atoms with Crippen molar-refractivity contribution in [2.75, 3.05) is 7.11 Å². The molecule has 1 atom stereocenters. The maximum atomic E-state index is 9.74. The molecule has 1 aromatic rings. The fourth-order valence-electron chi connectivity index (χ4n) is 2.24. The minimum Gasteiger partial charge on any atom is -0.508 e. The summed E-state index contributed by atoms with van der Waals surface area (Å²) in [5.74, 6) is 0.217. The fraction of sp³-hybridized carbons (Fsp3) is 0.538. The van der Waals surface area contributed by atoms with E-state index >= 15 is 0 Å². The first kappa shape index (κ1) is 12.2. The standard InChI is InChI=1S/C13H19NO3/c1-8(14-9-5-11(6-9)17-2)12-4-3-10(15)7-13(12)16/h3-4,7-9,11,14-16H,5-6H2,1-2H3. The number of benzene rings is 1. The number of nitrogens with one attached hydrogen (secondary N) is 1. The Morgan fingerprint density at radius 1 is 1.35 bits per heavy atom. The predicted octanol–water partition coefficient (Wildman–Crippen LogP) is 1.93. The number of aromatic hydroxyl groups is 2. The highest BCUT2D eigenvalue weighted by molar-refractivity contribution is 5.40. The van der Waals surface area contributed by atoms with Crippen LogP contribution >= 0.6 is 0 Å². The number of hydrogen-bond acceptors (Lipinski definition) is 4. The highest BCUT2D eigenvalue weighted by Crippen LogP contribution is 2.30. The topological polar surface area (TPSA) is 61.7 Å². The zero-order chi connectivity index (χ0) is 12.4. The van der Waals surface area contributed by atoms with Crippen LogP contribution in [-0.4, -0.2) is 29.5 Å². The lowest BCUT2D eigenvalue weighted by Gasteiger charge is -2.36. The Kier molecular flexibility index (Phi) is 3.54. The largest absolute Gasteiger partial charge is 0.508 e. The molecule has 0 saturated heterocycles. The number of phenolic OH excluding ortho intramolecular Hbond substituents is 2. The number of methoxy groups -OCH3 is 1. The Bertz CT molecular complexity index is 388. The van der Waals surface area contributed by atoms with Crippen molar-refractivity contribution in [3.63, 3.8) is 0 Å². The molecule has 94 valence electrons. The molecular formula is C13H19NO3. The molecule has 0 radical (unpaired) electrons. The molecular weight excluding hydrogens is 218 g/mol. The maximum Gasteiger partial charge on any atom is 0.124 e. The van der Waals surface area contributed by atoms with Crippen molar-refractivity contribution in [3.8, 4) is 11.5 Å². The lowest BCUT2D eigenvalue weighted by molar-refractivity contribution is 0.0147. The third-order valence-corrected chi connectivity index (χ3v) is 3.39. The normalized spacial score (nSPS) is 25.3. The molecule has 0 spiro atoms. The molecule has 1 unspecified atom stereocenters. The zero-order valence-corrected chi connectivity index (χ0v) is 10.2. The average Bonchev–Trinajstić information content (AvgIpc) is 2.22. The van der Waals surface area contributed by atoms with E-state index in [9.17, 15) is 10.2 Å². The van der Waals surface area contributed by atoms with Crippen LogP contribution in [-0.2, 0) is 4.74 Å². The van der Waals surface area contributed by atoms with Crippen LogP contribution in [0.15, 0.2) is 18.2 Å². The highest BCUT2D eigenvalue weighted by Gasteiger charge is 2.30. The first-order valence-electron chi connectivity index (χ1n) is 5.91. The van der Waals surface area contributed by atoms with Gasteiger partial charge >= 0.3 is 0 Å². The summed E-state index contributed by atoms with van der Waals surface area (Å²) in [7, 11) is 1.73. The van der Waals surface area contributed by atoms with E-state index in [0.29, 0.717) is 12.1 Å². The lowest BCUT2D eigenvalue weighted by atomic mass is 9.88. The highest BCUT2D eigenvalue weighted by atomic mass is 16.5. The molecule has 1 aromatic carbocycles. The van der Waals surface area contributed by atoms with Gasteiger partial charge in [0.15, 0.2) is 0 Å². The summed E-state index contributed by atoms with van der Waals surface area (Å²) in [6.45, 7) is 2.01. The first-order valence-corrected chi connectivity index (χ1v) is 5.91. The van der Waals surface area contributed by atoms with Gasteiger partial charge in [0.2, 0.25) is 0 Å². The van der Waals surface area contributed by atoms with E-state index in [-0.39, 0.29) is 17.5 Å². The first-order chi connectivity index (χ1) is 8.10. The summed E-state index contributed by atoms with van der Waals surface area (Å²) in [6.07, 6.45) is 2.40. The van der Waals surface area contributed by atoms with Crippen LogP contribution in [0, 0.1) is 0 Å². The molecule has 0 bridgehead atoms. The number of phenols is 2. The van der Waals surface area contributed by atoms with Crippen molar-refractivity contribution < 1.29 is 14.9 Å². The third-order valence-electron chi connectivity index (χ3n) is 3.39. The van der Waals surface area contributed by atoms with Crippen molar-refractivity contribution in [1.29, 1.82) is 0 Å². The Morgan fingerprint density at radius 3 is 2.65 bits per heavy atom. The van der Waals surface area contributed by atoms with Crippen LogP contribution in [0.1, 0.15) is 31.4 Å². The van der Waals surface area contributed by atoms with Gasteiger partial charge in [-0.15, -0.1) is 0 Å². The Labute approximate surface area is 101 Å². The van der Waals surface area contributed by atoms with E-state index in [1.165, 1.54) is 6.07 Å². The van der Waals surface area contributed by atoms with Gasteiger partial charge in [0.05, 0.1) is 6.10 Å². The molecule has 2 rings (SSSR count). The Morgan fingerprint density at radius 2 is 2.06 bits per heavy atom. The van der Waals surface area contributed by atoms with Gasteiger partial charge in [-0.05, 0) is 25.8 Å². The minimum absolute atomic E-state index is 0.0680. The molecule has 1 aliphatic carbocycles. The van der Waals surface area contributed by atoms with E-state index in [2.05, 4.69) is 5.32 Å². The summed E-state index contributed by atoms with van der Waals surface area (Å²) in [6, 6.07) is 5.22. The molecule has 3 N–H and O–H groups in total. The van der Waals surface area contributed by atoms with Crippen molar-refractivity contribution >= 4 is 0 Å². The molecule has 4 heteroatoms. The van der Waals surface area contributed by atoms with E-state index in [0.717, 1.165) is 18.4 Å². The molecule has 4 nitrogen and oxygen atoms in total. The van der Waals surface area contributed by atoms with Gasteiger partial charge in [-0.3, -0.25) is 0 Å². The third kappa shape index (κ3) is 2.70. The summed E-state index contributed by atoms with van der Waals surface area (Å²) >= 11 is 0. The average molecular weight is 237 g/mol. The second kappa shape index (κ2) is 4.94. The molecule has 1 fully saturated rings. The van der Waals surface area contributed by atoms with Gasteiger partial charge in [0, 0.05) is 30.8 Å². The zero-order valence-electron chi connectivity index (χ0n) is 10.2. The smallest absolute Gasteiger partial charge is 0.124 e.